The molecule has 86 valence electrons. The van der Waals surface area contributed by atoms with Crippen LogP contribution < -0.4 is 0 Å². The van der Waals surface area contributed by atoms with Gasteiger partial charge in [0.25, 0.3) is 0 Å². The van der Waals surface area contributed by atoms with Crippen molar-refractivity contribution in [3.63, 3.8) is 0 Å². The molecule has 3 rings (SSSR count). The average molecular weight is 246 g/mol. The van der Waals surface area contributed by atoms with Crippen LogP contribution in [0.25, 0.3) is 0 Å². The van der Waals surface area contributed by atoms with E-state index >= 15 is 0 Å². The van der Waals surface area contributed by atoms with Crippen LogP contribution in [-0.4, -0.2) is 13.5 Å². The van der Waals surface area contributed by atoms with E-state index in [2.05, 4.69) is 0 Å². The van der Waals surface area contributed by atoms with Gasteiger partial charge in [-0.25, -0.2) is 8.42 Å². The van der Waals surface area contributed by atoms with Crippen LogP contribution in [0.4, 0.5) is 0 Å². The molecule has 0 bridgehead atoms. The Balaban J connectivity index is 2.42. The van der Waals surface area contributed by atoms with Crippen LogP contribution in [-0.2, 0) is 9.84 Å². The summed E-state index contributed by atoms with van der Waals surface area (Å²) in [5, 5.41) is 10.2. The zero-order chi connectivity index (χ0) is 12.0. The quantitative estimate of drug-likeness (QED) is 0.772. The normalized spacial score (nSPS) is 17.2. The first-order valence-corrected chi connectivity index (χ1v) is 6.71. The molecule has 0 aliphatic carbocycles. The second-order valence-electron chi connectivity index (χ2n) is 3.98. The highest BCUT2D eigenvalue weighted by atomic mass is 32.2. The van der Waals surface area contributed by atoms with Crippen LogP contribution in [0.2, 0.25) is 0 Å². The van der Waals surface area contributed by atoms with Crippen molar-refractivity contribution in [2.24, 2.45) is 0 Å². The summed E-state index contributed by atoms with van der Waals surface area (Å²) < 4.78 is 24.7. The summed E-state index contributed by atoms with van der Waals surface area (Å²) in [6.07, 6.45) is -0.870. The molecule has 0 atom stereocenters. The van der Waals surface area contributed by atoms with E-state index in [-0.39, 0.29) is 9.79 Å². The van der Waals surface area contributed by atoms with Gasteiger partial charge in [-0.1, -0.05) is 36.4 Å². The molecule has 0 aromatic heterocycles. The van der Waals surface area contributed by atoms with Gasteiger partial charge in [0.15, 0.2) is 0 Å². The molecule has 0 saturated carbocycles. The number of hydrogen-bond donors (Lipinski definition) is 1. The van der Waals surface area contributed by atoms with Gasteiger partial charge in [-0.2, -0.15) is 0 Å². The molecule has 0 amide bonds. The number of sulfone groups is 1. The first kappa shape index (κ1) is 10.5. The highest BCUT2D eigenvalue weighted by Crippen LogP contribution is 2.39. The summed E-state index contributed by atoms with van der Waals surface area (Å²) >= 11 is 0. The molecule has 0 spiro atoms. The molecule has 1 aliphatic rings. The van der Waals surface area contributed by atoms with Crippen molar-refractivity contribution in [1.29, 1.82) is 0 Å². The fraction of sp³-hybridized carbons (Fsp3) is 0.0769. The molecule has 0 fully saturated rings. The van der Waals surface area contributed by atoms with E-state index in [1.807, 2.05) is 0 Å². The zero-order valence-corrected chi connectivity index (χ0v) is 9.68. The third-order valence-electron chi connectivity index (χ3n) is 3.01. The largest absolute Gasteiger partial charge is 0.384 e. The average Bonchev–Trinajstić information content (AvgIpc) is 2.37. The summed E-state index contributed by atoms with van der Waals surface area (Å²) in [5.41, 5.74) is 0.900. The second-order valence-corrected chi connectivity index (χ2v) is 5.87. The molecule has 1 heterocycles. The lowest BCUT2D eigenvalue weighted by Gasteiger charge is -2.24. The van der Waals surface area contributed by atoms with E-state index in [4.69, 9.17) is 0 Å². The first-order chi connectivity index (χ1) is 8.12. The summed E-state index contributed by atoms with van der Waals surface area (Å²) in [4.78, 5) is 0.400. The topological polar surface area (TPSA) is 54.4 Å². The highest BCUT2D eigenvalue weighted by Gasteiger charge is 2.33. The maximum absolute atomic E-state index is 12.3. The second kappa shape index (κ2) is 3.42. The molecule has 0 radical (unpaired) electrons. The van der Waals surface area contributed by atoms with Crippen LogP contribution in [0, 0.1) is 0 Å². The summed E-state index contributed by atoms with van der Waals surface area (Å²) in [7, 11) is -3.49. The minimum absolute atomic E-state index is 0.200. The molecular weight excluding hydrogens is 236 g/mol. The van der Waals surface area contributed by atoms with Crippen molar-refractivity contribution in [2.75, 3.05) is 0 Å². The minimum Gasteiger partial charge on any atom is -0.384 e. The maximum atomic E-state index is 12.3. The van der Waals surface area contributed by atoms with Gasteiger partial charge in [0.1, 0.15) is 6.10 Å². The van der Waals surface area contributed by atoms with Crippen molar-refractivity contribution in [1.82, 2.24) is 0 Å². The SMILES string of the molecule is O=S1(=O)c2ccccc2C(O)c2ccccc21. The van der Waals surface area contributed by atoms with Crippen molar-refractivity contribution >= 4 is 9.84 Å². The van der Waals surface area contributed by atoms with Crippen LogP contribution >= 0.6 is 0 Å². The van der Waals surface area contributed by atoms with Crippen molar-refractivity contribution in [2.45, 2.75) is 15.9 Å². The molecule has 0 unspecified atom stereocenters. The Labute approximate surface area is 99.3 Å². The minimum atomic E-state index is -3.49. The van der Waals surface area contributed by atoms with Gasteiger partial charge in [0.2, 0.25) is 9.84 Å². The van der Waals surface area contributed by atoms with Crippen LogP contribution in [0.1, 0.15) is 17.2 Å². The molecule has 1 aliphatic heterocycles. The zero-order valence-electron chi connectivity index (χ0n) is 8.87. The molecule has 0 saturated heterocycles. The van der Waals surface area contributed by atoms with Gasteiger partial charge >= 0.3 is 0 Å². The molecular formula is C13H10O3S. The number of aliphatic hydroxyl groups is 1. The summed E-state index contributed by atoms with van der Waals surface area (Å²) in [5.74, 6) is 0. The van der Waals surface area contributed by atoms with E-state index in [1.54, 1.807) is 36.4 Å². The number of aliphatic hydroxyl groups excluding tert-OH is 1. The standard InChI is InChI=1S/C13H10O3S/c14-13-9-5-1-3-7-11(9)17(15,16)12-8-4-2-6-10(12)13/h1-8,13-14H. The number of fused-ring (bicyclic) bond motifs is 2. The lowest BCUT2D eigenvalue weighted by Crippen LogP contribution is -2.18. The fourth-order valence-corrected chi connectivity index (χ4v) is 3.92. The number of rotatable bonds is 0. The van der Waals surface area contributed by atoms with E-state index in [0.29, 0.717) is 11.1 Å². The molecule has 4 heteroatoms. The predicted octanol–water partition coefficient (Wildman–Crippen LogP) is 1.91. The smallest absolute Gasteiger partial charge is 0.207 e. The van der Waals surface area contributed by atoms with Gasteiger partial charge in [-0.3, -0.25) is 0 Å². The lowest BCUT2D eigenvalue weighted by molar-refractivity contribution is 0.212. The van der Waals surface area contributed by atoms with Gasteiger partial charge in [0, 0.05) is 11.1 Å². The number of benzene rings is 2. The van der Waals surface area contributed by atoms with Gasteiger partial charge in [0.05, 0.1) is 9.79 Å². The maximum Gasteiger partial charge on any atom is 0.207 e. The Hall–Kier alpha value is -1.65. The number of hydrogen-bond acceptors (Lipinski definition) is 3. The molecule has 2 aromatic rings. The molecule has 2 aromatic carbocycles. The third kappa shape index (κ3) is 1.34. The Morgan fingerprint density at radius 1 is 0.824 bits per heavy atom. The van der Waals surface area contributed by atoms with E-state index in [9.17, 15) is 13.5 Å². The first-order valence-electron chi connectivity index (χ1n) is 5.23. The van der Waals surface area contributed by atoms with E-state index in [0.717, 1.165) is 0 Å². The predicted molar refractivity (Wildman–Crippen MR) is 62.4 cm³/mol. The van der Waals surface area contributed by atoms with E-state index in [1.165, 1.54) is 12.1 Å². The fourth-order valence-electron chi connectivity index (χ4n) is 2.19. The monoisotopic (exact) mass is 246 g/mol. The Bertz CT molecular complexity index is 636. The summed E-state index contributed by atoms with van der Waals surface area (Å²) in [6.45, 7) is 0. The highest BCUT2D eigenvalue weighted by molar-refractivity contribution is 7.91. The van der Waals surface area contributed by atoms with Gasteiger partial charge < -0.3 is 5.11 Å². The molecule has 3 nitrogen and oxygen atoms in total. The van der Waals surface area contributed by atoms with Crippen molar-refractivity contribution < 1.29 is 13.5 Å². The van der Waals surface area contributed by atoms with Crippen molar-refractivity contribution in [3.8, 4) is 0 Å². The Morgan fingerprint density at radius 3 is 1.71 bits per heavy atom. The third-order valence-corrected chi connectivity index (χ3v) is 4.91. The van der Waals surface area contributed by atoms with Gasteiger partial charge in [-0.05, 0) is 12.1 Å². The van der Waals surface area contributed by atoms with Crippen LogP contribution in [0.5, 0.6) is 0 Å². The van der Waals surface area contributed by atoms with Gasteiger partial charge in [-0.15, -0.1) is 0 Å². The van der Waals surface area contributed by atoms with Crippen LogP contribution in [0.3, 0.4) is 0 Å². The van der Waals surface area contributed by atoms with Crippen LogP contribution in [0.15, 0.2) is 58.3 Å². The molecule has 17 heavy (non-hydrogen) atoms. The molecule has 1 N–H and O–H groups in total. The summed E-state index contributed by atoms with van der Waals surface area (Å²) in [6, 6.07) is 13.1. The Kier molecular flexibility index (Phi) is 2.11. The lowest BCUT2D eigenvalue weighted by atomic mass is 10.0. The Morgan fingerprint density at radius 2 is 1.24 bits per heavy atom. The van der Waals surface area contributed by atoms with Crippen molar-refractivity contribution in [3.05, 3.63) is 59.7 Å². The van der Waals surface area contributed by atoms with E-state index < -0.39 is 15.9 Å².